The first kappa shape index (κ1) is 18.8. The number of carbonyl (C=O) groups excluding carboxylic acids is 2. The van der Waals surface area contributed by atoms with Crippen LogP contribution in [0.2, 0.25) is 0 Å². The number of carbonyl (C=O) groups is 2. The Morgan fingerprint density at radius 1 is 1.11 bits per heavy atom. The maximum absolute atomic E-state index is 12.6. The number of nitrogens with one attached hydrogen (secondary N) is 1. The Balaban J connectivity index is 1.52. The summed E-state index contributed by atoms with van der Waals surface area (Å²) in [5, 5.41) is 2.87. The summed E-state index contributed by atoms with van der Waals surface area (Å²) in [5.74, 6) is 1.30. The van der Waals surface area contributed by atoms with Gasteiger partial charge in [0, 0.05) is 12.1 Å². The molecule has 2 aromatic rings. The molecule has 142 valence electrons. The molecule has 0 saturated carbocycles. The second-order valence-corrected chi connectivity index (χ2v) is 6.47. The highest BCUT2D eigenvalue weighted by atomic mass is 16.5. The normalized spacial score (nSPS) is 16.3. The van der Waals surface area contributed by atoms with E-state index in [2.05, 4.69) is 5.32 Å². The van der Waals surface area contributed by atoms with Crippen LogP contribution in [0.25, 0.3) is 0 Å². The fourth-order valence-corrected chi connectivity index (χ4v) is 3.09. The Bertz CT molecular complexity index is 787. The van der Waals surface area contributed by atoms with E-state index < -0.39 is 6.04 Å². The molecular formula is C21H24N2O4. The van der Waals surface area contributed by atoms with Crippen LogP contribution >= 0.6 is 0 Å². The second-order valence-electron chi connectivity index (χ2n) is 6.47. The third kappa shape index (κ3) is 4.58. The van der Waals surface area contributed by atoms with Gasteiger partial charge in [-0.2, -0.15) is 0 Å². The maximum atomic E-state index is 12.6. The van der Waals surface area contributed by atoms with Crippen LogP contribution in [0.1, 0.15) is 18.4 Å². The second kappa shape index (κ2) is 8.58. The minimum atomic E-state index is -0.471. The molecular weight excluding hydrogens is 344 g/mol. The quantitative estimate of drug-likeness (QED) is 0.763. The highest BCUT2D eigenvalue weighted by Gasteiger charge is 2.36. The first-order valence-electron chi connectivity index (χ1n) is 9.02. The van der Waals surface area contributed by atoms with Gasteiger partial charge >= 0.3 is 0 Å². The molecule has 3 rings (SSSR count). The number of benzene rings is 2. The van der Waals surface area contributed by atoms with Crippen molar-refractivity contribution < 1.29 is 19.1 Å². The summed E-state index contributed by atoms with van der Waals surface area (Å²) in [4.78, 5) is 26.4. The van der Waals surface area contributed by atoms with Crippen LogP contribution in [-0.2, 0) is 9.59 Å². The summed E-state index contributed by atoms with van der Waals surface area (Å²) in [6.45, 7) is 2.71. The van der Waals surface area contributed by atoms with Gasteiger partial charge in [-0.05, 0) is 49.7 Å². The summed E-state index contributed by atoms with van der Waals surface area (Å²) in [6.07, 6.45) is 0.909. The lowest BCUT2D eigenvalue weighted by Gasteiger charge is -2.24. The maximum Gasteiger partial charge on any atom is 0.243 e. The molecule has 1 saturated heterocycles. The van der Waals surface area contributed by atoms with E-state index >= 15 is 0 Å². The van der Waals surface area contributed by atoms with Crippen LogP contribution in [0, 0.1) is 6.92 Å². The molecule has 1 unspecified atom stereocenters. The van der Waals surface area contributed by atoms with Gasteiger partial charge in [0.1, 0.15) is 24.1 Å². The lowest BCUT2D eigenvalue weighted by Crippen LogP contribution is -2.45. The molecule has 2 aromatic carbocycles. The Morgan fingerprint density at radius 3 is 2.44 bits per heavy atom. The number of hydrogen-bond donors (Lipinski definition) is 1. The van der Waals surface area contributed by atoms with Crippen molar-refractivity contribution in [2.24, 2.45) is 0 Å². The molecule has 1 aliphatic rings. The molecule has 1 heterocycles. The zero-order chi connectivity index (χ0) is 19.2. The summed E-state index contributed by atoms with van der Waals surface area (Å²) >= 11 is 0. The molecule has 0 bridgehead atoms. The molecule has 27 heavy (non-hydrogen) atoms. The zero-order valence-electron chi connectivity index (χ0n) is 15.6. The van der Waals surface area contributed by atoms with Crippen molar-refractivity contribution in [3.05, 3.63) is 54.1 Å². The average Bonchev–Trinajstić information content (AvgIpc) is 3.08. The SMILES string of the molecule is COc1ccc(OCCNC(=O)C2CCC(=O)N2c2ccc(C)cc2)cc1. The first-order valence-corrected chi connectivity index (χ1v) is 9.02. The number of hydrogen-bond acceptors (Lipinski definition) is 4. The van der Waals surface area contributed by atoms with E-state index in [0.717, 1.165) is 17.0 Å². The van der Waals surface area contributed by atoms with E-state index in [1.807, 2.05) is 55.5 Å². The van der Waals surface area contributed by atoms with Gasteiger partial charge in [0.2, 0.25) is 11.8 Å². The molecule has 1 atom stereocenters. The Kier molecular flexibility index (Phi) is 5.96. The highest BCUT2D eigenvalue weighted by molar-refractivity contribution is 6.03. The van der Waals surface area contributed by atoms with Crippen molar-refractivity contribution >= 4 is 17.5 Å². The lowest BCUT2D eigenvalue weighted by molar-refractivity contribution is -0.124. The number of rotatable bonds is 7. The molecule has 1 fully saturated rings. The van der Waals surface area contributed by atoms with Crippen LogP contribution in [0.3, 0.4) is 0 Å². The fourth-order valence-electron chi connectivity index (χ4n) is 3.09. The van der Waals surface area contributed by atoms with Gasteiger partial charge < -0.3 is 14.8 Å². The number of amides is 2. The van der Waals surface area contributed by atoms with Crippen LogP contribution in [0.4, 0.5) is 5.69 Å². The van der Waals surface area contributed by atoms with Crippen LogP contribution < -0.4 is 19.7 Å². The van der Waals surface area contributed by atoms with Gasteiger partial charge in [-0.3, -0.25) is 14.5 Å². The number of aryl methyl sites for hydroxylation is 1. The van der Waals surface area contributed by atoms with Crippen molar-refractivity contribution in [1.29, 1.82) is 0 Å². The van der Waals surface area contributed by atoms with Crippen molar-refractivity contribution in [3.63, 3.8) is 0 Å². The molecule has 6 heteroatoms. The predicted octanol–water partition coefficient (Wildman–Crippen LogP) is 2.69. The number of methoxy groups -OCH3 is 1. The van der Waals surface area contributed by atoms with Crippen LogP contribution in [-0.4, -0.2) is 38.1 Å². The topological polar surface area (TPSA) is 67.9 Å². The van der Waals surface area contributed by atoms with Gasteiger partial charge in [-0.1, -0.05) is 17.7 Å². The van der Waals surface area contributed by atoms with E-state index in [1.54, 1.807) is 12.0 Å². The van der Waals surface area contributed by atoms with Gasteiger partial charge in [0.05, 0.1) is 13.7 Å². The highest BCUT2D eigenvalue weighted by Crippen LogP contribution is 2.27. The Morgan fingerprint density at radius 2 is 1.78 bits per heavy atom. The van der Waals surface area contributed by atoms with Crippen molar-refractivity contribution in [3.8, 4) is 11.5 Å². The van der Waals surface area contributed by atoms with E-state index in [0.29, 0.717) is 31.7 Å². The first-order chi connectivity index (χ1) is 13.1. The molecule has 0 aromatic heterocycles. The predicted molar refractivity (Wildman–Crippen MR) is 103 cm³/mol. The smallest absolute Gasteiger partial charge is 0.243 e. The average molecular weight is 368 g/mol. The minimum Gasteiger partial charge on any atom is -0.497 e. The molecule has 1 aliphatic heterocycles. The van der Waals surface area contributed by atoms with Gasteiger partial charge in [0.15, 0.2) is 0 Å². The molecule has 6 nitrogen and oxygen atoms in total. The Hall–Kier alpha value is -3.02. The van der Waals surface area contributed by atoms with Crippen LogP contribution in [0.5, 0.6) is 11.5 Å². The lowest BCUT2D eigenvalue weighted by atomic mass is 10.1. The number of nitrogens with zero attached hydrogens (tertiary/aromatic N) is 1. The van der Waals surface area contributed by atoms with Gasteiger partial charge in [-0.15, -0.1) is 0 Å². The molecule has 0 spiro atoms. The third-order valence-corrected chi connectivity index (χ3v) is 4.56. The van der Waals surface area contributed by atoms with E-state index in [4.69, 9.17) is 9.47 Å². The molecule has 0 aliphatic carbocycles. The monoisotopic (exact) mass is 368 g/mol. The largest absolute Gasteiger partial charge is 0.497 e. The minimum absolute atomic E-state index is 0.0199. The fraction of sp³-hybridized carbons (Fsp3) is 0.333. The van der Waals surface area contributed by atoms with E-state index in [1.165, 1.54) is 0 Å². The van der Waals surface area contributed by atoms with E-state index in [9.17, 15) is 9.59 Å². The summed E-state index contributed by atoms with van der Waals surface area (Å²) in [6, 6.07) is 14.4. The third-order valence-electron chi connectivity index (χ3n) is 4.56. The summed E-state index contributed by atoms with van der Waals surface area (Å²) < 4.78 is 10.7. The number of anilines is 1. The van der Waals surface area contributed by atoms with Crippen molar-refractivity contribution in [2.75, 3.05) is 25.2 Å². The Labute approximate surface area is 159 Å². The van der Waals surface area contributed by atoms with Crippen LogP contribution in [0.15, 0.2) is 48.5 Å². The molecule has 1 N–H and O–H groups in total. The zero-order valence-corrected chi connectivity index (χ0v) is 15.6. The van der Waals surface area contributed by atoms with Crippen molar-refractivity contribution in [2.45, 2.75) is 25.8 Å². The van der Waals surface area contributed by atoms with Crippen molar-refractivity contribution in [1.82, 2.24) is 5.32 Å². The van der Waals surface area contributed by atoms with E-state index in [-0.39, 0.29) is 11.8 Å². The summed E-state index contributed by atoms with van der Waals surface area (Å²) in [5.41, 5.74) is 1.87. The van der Waals surface area contributed by atoms with Gasteiger partial charge in [0.25, 0.3) is 0 Å². The van der Waals surface area contributed by atoms with Gasteiger partial charge in [-0.25, -0.2) is 0 Å². The molecule has 2 amide bonds. The number of ether oxygens (including phenoxy) is 2. The summed E-state index contributed by atoms with van der Waals surface area (Å²) in [7, 11) is 1.61. The molecule has 0 radical (unpaired) electrons. The standard InChI is InChI=1S/C21H24N2O4/c1-15-3-5-16(6-4-15)23-19(11-12-20(23)24)21(25)22-13-14-27-18-9-7-17(26-2)8-10-18/h3-10,19H,11-14H2,1-2H3,(H,22,25).